The summed E-state index contributed by atoms with van der Waals surface area (Å²) in [6, 6.07) is 12.6. The van der Waals surface area contributed by atoms with Crippen molar-refractivity contribution in [2.45, 2.75) is 39.0 Å². The molecule has 0 atom stereocenters. The summed E-state index contributed by atoms with van der Waals surface area (Å²) in [5, 5.41) is 0. The minimum atomic E-state index is 0.918. The van der Waals surface area contributed by atoms with Gasteiger partial charge in [0.2, 0.25) is 0 Å². The Bertz CT molecular complexity index is 590. The van der Waals surface area contributed by atoms with E-state index < -0.39 is 0 Å². The van der Waals surface area contributed by atoms with Crippen LogP contribution in [0.4, 0.5) is 0 Å². The first-order valence-electron chi connectivity index (χ1n) is 7.08. The van der Waals surface area contributed by atoms with Crippen molar-refractivity contribution in [2.24, 2.45) is 0 Å². The van der Waals surface area contributed by atoms with Crippen molar-refractivity contribution in [3.63, 3.8) is 0 Å². The molecule has 0 radical (unpaired) electrons. The molecule has 0 aromatic heterocycles. The van der Waals surface area contributed by atoms with Crippen LogP contribution >= 0.6 is 11.8 Å². The Kier molecular flexibility index (Phi) is 5.13. The molecule has 0 heterocycles. The zero-order chi connectivity index (χ0) is 14.5. The maximum absolute atomic E-state index is 6.03. The summed E-state index contributed by atoms with van der Waals surface area (Å²) in [5.74, 6) is 3.00. The van der Waals surface area contributed by atoms with Gasteiger partial charge in [0.15, 0.2) is 0 Å². The second-order valence-corrected chi connectivity index (χ2v) is 6.28. The molecule has 0 aliphatic carbocycles. The lowest BCUT2D eigenvalue weighted by Crippen LogP contribution is -1.90. The molecule has 1 nitrogen and oxygen atoms in total. The molecule has 2 aromatic rings. The van der Waals surface area contributed by atoms with E-state index in [0.717, 1.165) is 17.3 Å². The summed E-state index contributed by atoms with van der Waals surface area (Å²) in [4.78, 5) is 1.31. The van der Waals surface area contributed by atoms with E-state index in [9.17, 15) is 0 Å². The van der Waals surface area contributed by atoms with Crippen molar-refractivity contribution in [1.29, 1.82) is 0 Å². The third-order valence-corrected chi connectivity index (χ3v) is 4.54. The molecule has 0 bridgehead atoms. The molecular weight excluding hydrogens is 264 g/mol. The van der Waals surface area contributed by atoms with E-state index in [0.29, 0.717) is 0 Å². The molecule has 0 aliphatic rings. The number of hydrogen-bond acceptors (Lipinski definition) is 2. The Morgan fingerprint density at radius 3 is 2.45 bits per heavy atom. The third kappa shape index (κ3) is 3.80. The lowest BCUT2D eigenvalue weighted by Gasteiger charge is -2.12. The zero-order valence-corrected chi connectivity index (χ0v) is 13.5. The molecule has 20 heavy (non-hydrogen) atoms. The van der Waals surface area contributed by atoms with Crippen LogP contribution in [-0.2, 0) is 0 Å². The Labute approximate surface area is 126 Å². The van der Waals surface area contributed by atoms with Crippen LogP contribution in [-0.4, -0.2) is 5.75 Å². The van der Waals surface area contributed by atoms with Crippen LogP contribution in [0.15, 0.2) is 41.3 Å². The Morgan fingerprint density at radius 1 is 0.950 bits per heavy atom. The van der Waals surface area contributed by atoms with E-state index >= 15 is 0 Å². The topological polar surface area (TPSA) is 9.23 Å². The monoisotopic (exact) mass is 286 g/mol. The van der Waals surface area contributed by atoms with E-state index in [-0.39, 0.29) is 0 Å². The minimum Gasteiger partial charge on any atom is -0.457 e. The summed E-state index contributed by atoms with van der Waals surface area (Å²) in [6.07, 6.45) is 1.19. The van der Waals surface area contributed by atoms with Gasteiger partial charge in [-0.25, -0.2) is 0 Å². The third-order valence-electron chi connectivity index (χ3n) is 3.18. The molecule has 0 amide bonds. The molecule has 0 unspecified atom stereocenters. The summed E-state index contributed by atoms with van der Waals surface area (Å²) in [5.41, 5.74) is 3.75. The van der Waals surface area contributed by atoms with Gasteiger partial charge in [-0.2, -0.15) is 0 Å². The highest BCUT2D eigenvalue weighted by atomic mass is 32.2. The van der Waals surface area contributed by atoms with Gasteiger partial charge in [-0.05, 0) is 62.3 Å². The summed E-state index contributed by atoms with van der Waals surface area (Å²) >= 11 is 1.90. The van der Waals surface area contributed by atoms with Crippen molar-refractivity contribution >= 4 is 11.8 Å². The molecule has 0 saturated carbocycles. The van der Waals surface area contributed by atoms with E-state index in [1.165, 1.54) is 28.0 Å². The van der Waals surface area contributed by atoms with E-state index in [1.54, 1.807) is 0 Å². The van der Waals surface area contributed by atoms with Gasteiger partial charge in [0.1, 0.15) is 11.5 Å². The van der Waals surface area contributed by atoms with Gasteiger partial charge in [0.25, 0.3) is 0 Å². The van der Waals surface area contributed by atoms with Crippen molar-refractivity contribution in [3.8, 4) is 11.5 Å². The molecular formula is C18H22OS. The number of aryl methyl sites for hydroxylation is 3. The number of thioether (sulfide) groups is 1. The van der Waals surface area contributed by atoms with Gasteiger partial charge in [0.05, 0.1) is 0 Å². The zero-order valence-electron chi connectivity index (χ0n) is 12.7. The predicted octanol–water partition coefficient (Wildman–Crippen LogP) is 5.91. The maximum Gasteiger partial charge on any atom is 0.130 e. The highest BCUT2D eigenvalue weighted by molar-refractivity contribution is 7.99. The first kappa shape index (κ1) is 15.0. The highest BCUT2D eigenvalue weighted by Gasteiger charge is 2.05. The van der Waals surface area contributed by atoms with Crippen LogP contribution in [0.3, 0.4) is 0 Å². The Hall–Kier alpha value is -1.41. The van der Waals surface area contributed by atoms with Crippen LogP contribution in [0.25, 0.3) is 0 Å². The van der Waals surface area contributed by atoms with Gasteiger partial charge in [0, 0.05) is 4.90 Å². The molecule has 106 valence electrons. The van der Waals surface area contributed by atoms with Crippen LogP contribution in [0.1, 0.15) is 30.0 Å². The fraction of sp³-hybridized carbons (Fsp3) is 0.333. The molecule has 0 fully saturated rings. The van der Waals surface area contributed by atoms with Crippen molar-refractivity contribution in [1.82, 2.24) is 0 Å². The SMILES string of the molecule is CCCSc1cc(Oc2ccc(C)cc2C)ccc1C. The van der Waals surface area contributed by atoms with Gasteiger partial charge >= 0.3 is 0 Å². The van der Waals surface area contributed by atoms with Crippen LogP contribution < -0.4 is 4.74 Å². The summed E-state index contributed by atoms with van der Waals surface area (Å²) < 4.78 is 6.03. The largest absolute Gasteiger partial charge is 0.457 e. The van der Waals surface area contributed by atoms with Crippen molar-refractivity contribution in [3.05, 3.63) is 53.1 Å². The van der Waals surface area contributed by atoms with E-state index in [4.69, 9.17) is 4.74 Å². The number of ether oxygens (including phenoxy) is 1. The van der Waals surface area contributed by atoms with E-state index in [2.05, 4.69) is 52.0 Å². The summed E-state index contributed by atoms with van der Waals surface area (Å²) in [7, 11) is 0. The first-order valence-corrected chi connectivity index (χ1v) is 8.07. The second-order valence-electron chi connectivity index (χ2n) is 5.15. The van der Waals surface area contributed by atoms with Gasteiger partial charge < -0.3 is 4.74 Å². The smallest absolute Gasteiger partial charge is 0.130 e. The van der Waals surface area contributed by atoms with E-state index in [1.807, 2.05) is 23.9 Å². The average molecular weight is 286 g/mol. The fourth-order valence-corrected chi connectivity index (χ4v) is 2.97. The predicted molar refractivity (Wildman–Crippen MR) is 88.2 cm³/mol. The van der Waals surface area contributed by atoms with Crippen molar-refractivity contribution in [2.75, 3.05) is 5.75 Å². The number of rotatable bonds is 5. The molecule has 2 aromatic carbocycles. The number of hydrogen-bond donors (Lipinski definition) is 0. The normalized spacial score (nSPS) is 10.6. The first-order chi connectivity index (χ1) is 9.60. The van der Waals surface area contributed by atoms with Crippen LogP contribution in [0.5, 0.6) is 11.5 Å². The molecule has 0 aliphatic heterocycles. The number of benzene rings is 2. The molecule has 0 N–H and O–H groups in total. The molecule has 2 rings (SSSR count). The van der Waals surface area contributed by atoms with Gasteiger partial charge in [-0.15, -0.1) is 11.8 Å². The highest BCUT2D eigenvalue weighted by Crippen LogP contribution is 2.31. The standard InChI is InChI=1S/C18H22OS/c1-5-10-20-18-12-16(8-7-14(18)3)19-17-9-6-13(2)11-15(17)4/h6-9,11-12H,5,10H2,1-4H3. The minimum absolute atomic E-state index is 0.918. The average Bonchev–Trinajstić information content (AvgIpc) is 2.42. The molecule has 0 saturated heterocycles. The fourth-order valence-electron chi connectivity index (χ4n) is 2.05. The Balaban J connectivity index is 2.20. The summed E-state index contributed by atoms with van der Waals surface area (Å²) in [6.45, 7) is 8.54. The Morgan fingerprint density at radius 2 is 1.75 bits per heavy atom. The maximum atomic E-state index is 6.03. The van der Waals surface area contributed by atoms with Gasteiger partial charge in [-0.3, -0.25) is 0 Å². The van der Waals surface area contributed by atoms with Gasteiger partial charge in [-0.1, -0.05) is 30.7 Å². The lowest BCUT2D eigenvalue weighted by atomic mass is 10.1. The lowest BCUT2D eigenvalue weighted by molar-refractivity contribution is 0.477. The molecule has 0 spiro atoms. The van der Waals surface area contributed by atoms with Crippen LogP contribution in [0, 0.1) is 20.8 Å². The second kappa shape index (κ2) is 6.85. The van der Waals surface area contributed by atoms with Crippen LogP contribution in [0.2, 0.25) is 0 Å². The molecule has 2 heteroatoms. The van der Waals surface area contributed by atoms with Crippen molar-refractivity contribution < 1.29 is 4.74 Å². The quantitative estimate of drug-likeness (QED) is 0.632.